The van der Waals surface area contributed by atoms with Crippen molar-refractivity contribution in [2.45, 2.75) is 46.5 Å². The van der Waals surface area contributed by atoms with Gasteiger partial charge in [-0.2, -0.15) is 0 Å². The maximum absolute atomic E-state index is 4.77. The average molecular weight is 324 g/mol. The lowest BCUT2D eigenvalue weighted by Crippen LogP contribution is -1.99. The van der Waals surface area contributed by atoms with E-state index in [9.17, 15) is 0 Å². The van der Waals surface area contributed by atoms with E-state index in [1.165, 1.54) is 27.1 Å². The summed E-state index contributed by atoms with van der Waals surface area (Å²) in [6.45, 7) is 8.86. The van der Waals surface area contributed by atoms with Gasteiger partial charge in [0.15, 0.2) is 5.13 Å². The monoisotopic (exact) mass is 324 g/mol. The van der Waals surface area contributed by atoms with Crippen LogP contribution in [0.25, 0.3) is 10.2 Å². The second kappa shape index (κ2) is 6.71. The molecule has 0 aliphatic carbocycles. The number of anilines is 2. The Morgan fingerprint density at radius 1 is 1.04 bits per heavy atom. The van der Waals surface area contributed by atoms with Crippen molar-refractivity contribution in [2.24, 2.45) is 0 Å². The predicted octanol–water partition coefficient (Wildman–Crippen LogP) is 6.29. The van der Waals surface area contributed by atoms with Gasteiger partial charge in [0.2, 0.25) is 0 Å². The Kier molecular flexibility index (Phi) is 4.67. The molecule has 0 amide bonds. The molecule has 0 radical (unpaired) electrons. The van der Waals surface area contributed by atoms with Crippen molar-refractivity contribution in [3.63, 3.8) is 0 Å². The number of thiazole rings is 1. The SMILES string of the molecule is CCc1cccc(CC)c1Nc1nc2ccc(C(C)C)cc2s1. The largest absolute Gasteiger partial charge is 0.331 e. The summed E-state index contributed by atoms with van der Waals surface area (Å²) in [5.41, 5.74) is 6.39. The molecule has 23 heavy (non-hydrogen) atoms. The van der Waals surface area contributed by atoms with Crippen LogP contribution in [0.2, 0.25) is 0 Å². The van der Waals surface area contributed by atoms with Gasteiger partial charge >= 0.3 is 0 Å². The molecule has 0 atom stereocenters. The average Bonchev–Trinajstić information content (AvgIpc) is 2.96. The summed E-state index contributed by atoms with van der Waals surface area (Å²) in [6, 6.07) is 13.1. The minimum absolute atomic E-state index is 0.547. The number of aromatic nitrogens is 1. The third-order valence-corrected chi connectivity index (χ3v) is 5.24. The van der Waals surface area contributed by atoms with Crippen molar-refractivity contribution >= 4 is 32.4 Å². The van der Waals surface area contributed by atoms with Gasteiger partial charge in [0, 0.05) is 5.69 Å². The first-order valence-electron chi connectivity index (χ1n) is 8.40. The smallest absolute Gasteiger partial charge is 0.188 e. The Labute approximate surface area is 142 Å². The van der Waals surface area contributed by atoms with E-state index in [0.717, 1.165) is 23.5 Å². The fourth-order valence-corrected chi connectivity index (χ4v) is 3.78. The van der Waals surface area contributed by atoms with Crippen molar-refractivity contribution in [2.75, 3.05) is 5.32 Å². The molecule has 3 rings (SSSR count). The number of para-hydroxylation sites is 1. The van der Waals surface area contributed by atoms with Crippen LogP contribution in [0.4, 0.5) is 10.8 Å². The third-order valence-electron chi connectivity index (χ3n) is 4.31. The summed E-state index contributed by atoms with van der Waals surface area (Å²) in [7, 11) is 0. The Balaban J connectivity index is 1.99. The van der Waals surface area contributed by atoms with Crippen LogP contribution < -0.4 is 5.32 Å². The predicted molar refractivity (Wildman–Crippen MR) is 102 cm³/mol. The molecule has 0 saturated heterocycles. The number of rotatable bonds is 5. The van der Waals surface area contributed by atoms with Gasteiger partial charge in [0.1, 0.15) is 0 Å². The molecule has 0 spiro atoms. The lowest BCUT2D eigenvalue weighted by atomic mass is 10.0. The Hall–Kier alpha value is -1.87. The Morgan fingerprint density at radius 3 is 2.35 bits per heavy atom. The molecule has 3 aromatic rings. The van der Waals surface area contributed by atoms with Crippen molar-refractivity contribution in [3.8, 4) is 0 Å². The van der Waals surface area contributed by atoms with Crippen LogP contribution in [-0.2, 0) is 12.8 Å². The van der Waals surface area contributed by atoms with Crippen LogP contribution in [0.15, 0.2) is 36.4 Å². The van der Waals surface area contributed by atoms with Crippen molar-refractivity contribution in [1.29, 1.82) is 0 Å². The summed E-state index contributed by atoms with van der Waals surface area (Å²) < 4.78 is 1.26. The highest BCUT2D eigenvalue weighted by atomic mass is 32.1. The molecular weight excluding hydrogens is 300 g/mol. The summed E-state index contributed by atoms with van der Waals surface area (Å²) >= 11 is 1.74. The molecule has 0 fully saturated rings. The zero-order valence-electron chi connectivity index (χ0n) is 14.3. The van der Waals surface area contributed by atoms with Crippen molar-refractivity contribution < 1.29 is 0 Å². The van der Waals surface area contributed by atoms with Crippen LogP contribution in [-0.4, -0.2) is 4.98 Å². The topological polar surface area (TPSA) is 24.9 Å². The van der Waals surface area contributed by atoms with E-state index in [4.69, 9.17) is 4.98 Å². The molecule has 1 N–H and O–H groups in total. The molecule has 1 heterocycles. The lowest BCUT2D eigenvalue weighted by molar-refractivity contribution is 0.869. The molecule has 0 saturated carbocycles. The number of fused-ring (bicyclic) bond motifs is 1. The first-order valence-corrected chi connectivity index (χ1v) is 9.22. The molecule has 120 valence electrons. The molecule has 3 heteroatoms. The number of nitrogens with zero attached hydrogens (tertiary/aromatic N) is 1. The maximum Gasteiger partial charge on any atom is 0.188 e. The molecule has 0 bridgehead atoms. The molecule has 2 nitrogen and oxygen atoms in total. The summed E-state index contributed by atoms with van der Waals surface area (Å²) in [5, 5.41) is 4.57. The molecule has 0 aliphatic rings. The summed E-state index contributed by atoms with van der Waals surface area (Å²) in [5.74, 6) is 0.547. The van der Waals surface area contributed by atoms with Crippen molar-refractivity contribution in [3.05, 3.63) is 53.1 Å². The normalized spacial score (nSPS) is 11.3. The van der Waals surface area contributed by atoms with Gasteiger partial charge in [-0.1, -0.05) is 63.3 Å². The second-order valence-corrected chi connectivity index (χ2v) is 7.21. The number of benzene rings is 2. The van der Waals surface area contributed by atoms with E-state index in [0.29, 0.717) is 5.92 Å². The number of aryl methyl sites for hydroxylation is 2. The number of nitrogens with one attached hydrogen (secondary N) is 1. The van der Waals surface area contributed by atoms with Gasteiger partial charge in [0.25, 0.3) is 0 Å². The molecule has 2 aromatic carbocycles. The van der Waals surface area contributed by atoms with E-state index in [-0.39, 0.29) is 0 Å². The quantitative estimate of drug-likeness (QED) is 0.596. The highest BCUT2D eigenvalue weighted by Crippen LogP contribution is 2.33. The first-order chi connectivity index (χ1) is 11.1. The standard InChI is InChI=1S/C20H24N2S/c1-5-14-8-7-9-15(6-2)19(14)22-20-21-17-11-10-16(13(3)4)12-18(17)23-20/h7-13H,5-6H2,1-4H3,(H,21,22). The summed E-state index contributed by atoms with van der Waals surface area (Å²) in [6.07, 6.45) is 2.05. The highest BCUT2D eigenvalue weighted by molar-refractivity contribution is 7.22. The second-order valence-electron chi connectivity index (χ2n) is 6.18. The molecular formula is C20H24N2S. The first kappa shape index (κ1) is 16.0. The minimum Gasteiger partial charge on any atom is -0.331 e. The fraction of sp³-hybridized carbons (Fsp3) is 0.350. The van der Waals surface area contributed by atoms with E-state index in [1.807, 2.05) is 0 Å². The summed E-state index contributed by atoms with van der Waals surface area (Å²) in [4.78, 5) is 4.77. The van der Waals surface area contributed by atoms with Crippen LogP contribution in [0.5, 0.6) is 0 Å². The van der Waals surface area contributed by atoms with E-state index < -0.39 is 0 Å². The van der Waals surface area contributed by atoms with Gasteiger partial charge in [-0.3, -0.25) is 0 Å². The molecule has 0 unspecified atom stereocenters. The Bertz CT molecular complexity index is 795. The van der Waals surface area contributed by atoms with Gasteiger partial charge in [-0.15, -0.1) is 0 Å². The molecule has 1 aromatic heterocycles. The number of hydrogen-bond acceptors (Lipinski definition) is 3. The van der Waals surface area contributed by atoms with E-state index in [1.54, 1.807) is 11.3 Å². The molecule has 0 aliphatic heterocycles. The lowest BCUT2D eigenvalue weighted by Gasteiger charge is -2.13. The van der Waals surface area contributed by atoms with Gasteiger partial charge in [-0.05, 0) is 47.6 Å². The fourth-order valence-electron chi connectivity index (χ4n) is 2.86. The highest BCUT2D eigenvalue weighted by Gasteiger charge is 2.10. The Morgan fingerprint density at radius 2 is 1.74 bits per heavy atom. The van der Waals surface area contributed by atoms with Crippen LogP contribution in [0.3, 0.4) is 0 Å². The number of hydrogen-bond donors (Lipinski definition) is 1. The zero-order valence-corrected chi connectivity index (χ0v) is 15.1. The minimum atomic E-state index is 0.547. The van der Waals surface area contributed by atoms with Gasteiger partial charge in [0.05, 0.1) is 10.2 Å². The zero-order chi connectivity index (χ0) is 16.4. The van der Waals surface area contributed by atoms with Crippen LogP contribution in [0, 0.1) is 0 Å². The van der Waals surface area contributed by atoms with Gasteiger partial charge in [-0.25, -0.2) is 4.98 Å². The van der Waals surface area contributed by atoms with Crippen LogP contribution >= 0.6 is 11.3 Å². The third kappa shape index (κ3) is 3.25. The maximum atomic E-state index is 4.77. The van der Waals surface area contributed by atoms with Crippen molar-refractivity contribution in [1.82, 2.24) is 4.98 Å². The van der Waals surface area contributed by atoms with Gasteiger partial charge < -0.3 is 5.32 Å². The van der Waals surface area contributed by atoms with E-state index in [2.05, 4.69) is 69.4 Å². The van der Waals surface area contributed by atoms with Crippen LogP contribution in [0.1, 0.15) is 50.3 Å². The van der Waals surface area contributed by atoms with E-state index >= 15 is 0 Å².